The van der Waals surface area contributed by atoms with Crippen LogP contribution < -0.4 is 10.2 Å². The summed E-state index contributed by atoms with van der Waals surface area (Å²) in [5.41, 5.74) is 4.23. The van der Waals surface area contributed by atoms with Crippen LogP contribution in [0.15, 0.2) is 47.6 Å². The van der Waals surface area contributed by atoms with Crippen molar-refractivity contribution >= 4 is 46.4 Å². The minimum absolute atomic E-state index is 0.146. The normalized spacial score (nSPS) is 11.5. The molecule has 2 aromatic carbocycles. The maximum absolute atomic E-state index is 12.0. The maximum atomic E-state index is 12.0. The van der Waals surface area contributed by atoms with E-state index in [2.05, 4.69) is 10.5 Å². The number of rotatable bonds is 6. The van der Waals surface area contributed by atoms with Gasteiger partial charge >= 0.3 is 0 Å². The summed E-state index contributed by atoms with van der Waals surface area (Å²) in [6.45, 7) is 3.76. The second-order valence-corrected chi connectivity index (χ2v) is 6.76. The van der Waals surface area contributed by atoms with Gasteiger partial charge in [-0.1, -0.05) is 79.0 Å². The second kappa shape index (κ2) is 9.09. The maximum Gasteiger partial charge on any atom is 0.277 e. The Bertz CT molecular complexity index is 777. The van der Waals surface area contributed by atoms with Crippen LogP contribution in [0.2, 0.25) is 15.1 Å². The van der Waals surface area contributed by atoms with E-state index in [0.29, 0.717) is 10.0 Å². The molecule has 0 aliphatic carbocycles. The molecule has 25 heavy (non-hydrogen) atoms. The lowest BCUT2D eigenvalue weighted by Crippen LogP contribution is -2.27. The van der Waals surface area contributed by atoms with Gasteiger partial charge in [-0.05, 0) is 17.5 Å². The molecule has 0 bridgehead atoms. The fourth-order valence-corrected chi connectivity index (χ4v) is 2.64. The van der Waals surface area contributed by atoms with Crippen LogP contribution >= 0.6 is 34.8 Å². The Hall–Kier alpha value is -1.75. The molecule has 4 nitrogen and oxygen atoms in total. The van der Waals surface area contributed by atoms with Gasteiger partial charge < -0.3 is 4.74 Å². The fourth-order valence-electron chi connectivity index (χ4n) is 2.05. The first-order valence-corrected chi connectivity index (χ1v) is 8.71. The first kappa shape index (κ1) is 19.6. The molecule has 0 saturated heterocycles. The third-order valence-electron chi connectivity index (χ3n) is 3.25. The van der Waals surface area contributed by atoms with Crippen LogP contribution in [-0.2, 0) is 4.79 Å². The van der Waals surface area contributed by atoms with Crippen LogP contribution in [0.4, 0.5) is 0 Å². The summed E-state index contributed by atoms with van der Waals surface area (Å²) in [5, 5.41) is 5.11. The third kappa shape index (κ3) is 5.63. The second-order valence-electron chi connectivity index (χ2n) is 5.54. The number of hydrogen-bond acceptors (Lipinski definition) is 3. The predicted molar refractivity (Wildman–Crippen MR) is 103 cm³/mol. The number of halogens is 3. The van der Waals surface area contributed by atoms with Gasteiger partial charge in [0.1, 0.15) is 5.75 Å². The van der Waals surface area contributed by atoms with Crippen LogP contribution in [0.3, 0.4) is 0 Å². The van der Waals surface area contributed by atoms with Crippen LogP contribution in [0.1, 0.15) is 19.4 Å². The van der Waals surface area contributed by atoms with E-state index in [0.717, 1.165) is 11.3 Å². The molecule has 0 fully saturated rings. The van der Waals surface area contributed by atoms with Gasteiger partial charge in [0.2, 0.25) is 0 Å². The molecule has 0 radical (unpaired) electrons. The molecule has 132 valence electrons. The van der Waals surface area contributed by atoms with Gasteiger partial charge in [-0.2, -0.15) is 5.10 Å². The number of hydrazone groups is 1. The van der Waals surface area contributed by atoms with E-state index >= 15 is 0 Å². The zero-order valence-corrected chi connectivity index (χ0v) is 16.0. The number of nitrogens with one attached hydrogen (secondary N) is 1. The van der Waals surface area contributed by atoms with E-state index in [1.165, 1.54) is 12.1 Å². The summed E-state index contributed by atoms with van der Waals surface area (Å²) < 4.78 is 5.38. The number of nitrogens with zero attached hydrogens (tertiary/aromatic N) is 1. The van der Waals surface area contributed by atoms with Gasteiger partial charge in [0.05, 0.1) is 20.8 Å². The number of hydrogen-bond donors (Lipinski definition) is 1. The van der Waals surface area contributed by atoms with Crippen molar-refractivity contribution in [2.75, 3.05) is 6.61 Å². The molecule has 2 aromatic rings. The summed E-state index contributed by atoms with van der Waals surface area (Å²) >= 11 is 17.8. The predicted octanol–water partition coefficient (Wildman–Crippen LogP) is 5.20. The van der Waals surface area contributed by atoms with Crippen molar-refractivity contribution in [3.63, 3.8) is 0 Å². The minimum atomic E-state index is -0.406. The molecule has 0 heterocycles. The molecule has 0 unspecified atom stereocenters. The highest BCUT2D eigenvalue weighted by Crippen LogP contribution is 2.33. The monoisotopic (exact) mass is 398 g/mol. The Morgan fingerprint density at radius 2 is 1.72 bits per heavy atom. The van der Waals surface area contributed by atoms with Crippen molar-refractivity contribution < 1.29 is 9.53 Å². The lowest BCUT2D eigenvalue weighted by atomic mass is 10.0. The summed E-state index contributed by atoms with van der Waals surface area (Å²) in [6.07, 6.45) is 0. The van der Waals surface area contributed by atoms with E-state index in [9.17, 15) is 4.79 Å². The first-order valence-electron chi connectivity index (χ1n) is 7.57. The summed E-state index contributed by atoms with van der Waals surface area (Å²) in [6, 6.07) is 12.6. The molecule has 0 aliphatic rings. The molecule has 1 amide bonds. The smallest absolute Gasteiger partial charge is 0.277 e. The van der Waals surface area contributed by atoms with E-state index < -0.39 is 5.91 Å². The Labute approximate surface area is 161 Å². The van der Waals surface area contributed by atoms with E-state index in [1.54, 1.807) is 0 Å². The first-order chi connectivity index (χ1) is 11.9. The van der Waals surface area contributed by atoms with Gasteiger partial charge in [-0.3, -0.25) is 4.79 Å². The molecule has 0 aromatic heterocycles. The van der Waals surface area contributed by atoms with E-state index in [-0.39, 0.29) is 23.3 Å². The van der Waals surface area contributed by atoms with Crippen molar-refractivity contribution in [2.24, 2.45) is 11.0 Å². The molecule has 7 heteroatoms. The van der Waals surface area contributed by atoms with E-state index in [1.807, 2.05) is 44.2 Å². The van der Waals surface area contributed by atoms with Gasteiger partial charge in [0.25, 0.3) is 5.91 Å². The number of carbonyl (C=O) groups excluding carboxylic acids is 1. The quantitative estimate of drug-likeness (QED) is 0.412. The highest BCUT2D eigenvalue weighted by atomic mass is 35.5. The van der Waals surface area contributed by atoms with Crippen LogP contribution in [0, 0.1) is 5.92 Å². The topological polar surface area (TPSA) is 50.7 Å². The highest BCUT2D eigenvalue weighted by Gasteiger charge is 2.11. The average Bonchev–Trinajstić information content (AvgIpc) is 2.58. The van der Waals surface area contributed by atoms with Gasteiger partial charge in [0.15, 0.2) is 6.61 Å². The van der Waals surface area contributed by atoms with Crippen molar-refractivity contribution in [3.8, 4) is 5.75 Å². The lowest BCUT2D eigenvalue weighted by Gasteiger charge is -2.11. The van der Waals surface area contributed by atoms with Gasteiger partial charge in [0, 0.05) is 6.07 Å². The van der Waals surface area contributed by atoms with Crippen molar-refractivity contribution in [3.05, 3.63) is 63.1 Å². The summed E-state index contributed by atoms with van der Waals surface area (Å²) in [5.74, 6) is 0.0201. The third-order valence-corrected chi connectivity index (χ3v) is 4.27. The fraction of sp³-hybridized carbons (Fsp3) is 0.222. The summed E-state index contributed by atoms with van der Waals surface area (Å²) in [4.78, 5) is 12.0. The average molecular weight is 400 g/mol. The Balaban J connectivity index is 2.01. The molecule has 0 saturated carbocycles. The molecular formula is C18H17Cl3N2O2. The highest BCUT2D eigenvalue weighted by molar-refractivity contribution is 6.43. The largest absolute Gasteiger partial charge is 0.482 e. The number of amides is 1. The lowest BCUT2D eigenvalue weighted by molar-refractivity contribution is -0.123. The van der Waals surface area contributed by atoms with Crippen LogP contribution in [-0.4, -0.2) is 18.2 Å². The van der Waals surface area contributed by atoms with Gasteiger partial charge in [-0.25, -0.2) is 5.43 Å². The van der Waals surface area contributed by atoms with Gasteiger partial charge in [-0.15, -0.1) is 0 Å². The molecule has 2 rings (SSSR count). The van der Waals surface area contributed by atoms with Crippen LogP contribution in [0.25, 0.3) is 0 Å². The SMILES string of the molecule is CC(C)C(=NNC(=O)COc1cc(Cl)c(Cl)cc1Cl)c1ccccc1. The molecule has 0 aliphatic heterocycles. The van der Waals surface area contributed by atoms with Crippen molar-refractivity contribution in [1.29, 1.82) is 0 Å². The summed E-state index contributed by atoms with van der Waals surface area (Å²) in [7, 11) is 0. The molecular weight excluding hydrogens is 383 g/mol. The zero-order chi connectivity index (χ0) is 18.4. The van der Waals surface area contributed by atoms with Crippen LogP contribution in [0.5, 0.6) is 5.75 Å². The molecule has 0 atom stereocenters. The zero-order valence-electron chi connectivity index (χ0n) is 13.7. The Morgan fingerprint density at radius 3 is 2.36 bits per heavy atom. The molecule has 1 N–H and O–H groups in total. The Kier molecular flexibility index (Phi) is 7.12. The van der Waals surface area contributed by atoms with E-state index in [4.69, 9.17) is 39.5 Å². The molecule has 0 spiro atoms. The Morgan fingerprint density at radius 1 is 1.08 bits per heavy atom. The standard InChI is InChI=1S/C18H17Cl3N2O2/c1-11(2)18(12-6-4-3-5-7-12)23-22-17(24)10-25-16-9-14(20)13(19)8-15(16)21/h3-9,11H,10H2,1-2H3,(H,22,24). The van der Waals surface area contributed by atoms with Crippen molar-refractivity contribution in [2.45, 2.75) is 13.8 Å². The minimum Gasteiger partial charge on any atom is -0.482 e. The number of ether oxygens (including phenoxy) is 1. The van der Waals surface area contributed by atoms with Crippen molar-refractivity contribution in [1.82, 2.24) is 5.43 Å². The number of carbonyl (C=O) groups is 1. The number of benzene rings is 2.